The lowest BCUT2D eigenvalue weighted by Crippen LogP contribution is -2.42. The van der Waals surface area contributed by atoms with E-state index in [9.17, 15) is 12.8 Å². The normalized spacial score (nSPS) is 24.2. The fourth-order valence-corrected chi connectivity index (χ4v) is 4.31. The highest BCUT2D eigenvalue weighted by Crippen LogP contribution is 2.30. The summed E-state index contributed by atoms with van der Waals surface area (Å²) in [5.41, 5.74) is 5.79. The molecule has 7 heteroatoms. The number of piperidine rings is 1. The van der Waals surface area contributed by atoms with Crippen molar-refractivity contribution in [2.45, 2.75) is 31.7 Å². The average molecular weight is 335 g/mol. The van der Waals surface area contributed by atoms with Crippen molar-refractivity contribution in [1.82, 2.24) is 4.31 Å². The molecule has 2 atom stereocenters. The molecule has 0 saturated carbocycles. The van der Waals surface area contributed by atoms with E-state index in [1.807, 2.05) is 6.92 Å². The summed E-state index contributed by atoms with van der Waals surface area (Å²) < 4.78 is 40.5. The maximum atomic E-state index is 13.8. The van der Waals surface area contributed by atoms with Gasteiger partial charge in [0.1, 0.15) is 5.82 Å². The van der Waals surface area contributed by atoms with Crippen molar-refractivity contribution in [3.8, 4) is 0 Å². The molecule has 1 aliphatic rings. The SMILES string of the molecule is CC1CCN(S(=O)(=O)c2cc(F)c(Cl)c(CN)c2)CC1C. The van der Waals surface area contributed by atoms with Gasteiger partial charge in [0, 0.05) is 19.6 Å². The highest BCUT2D eigenvalue weighted by Gasteiger charge is 2.32. The van der Waals surface area contributed by atoms with E-state index in [4.69, 9.17) is 17.3 Å². The first-order valence-corrected chi connectivity index (χ1v) is 8.77. The summed E-state index contributed by atoms with van der Waals surface area (Å²) in [5, 5.41) is -0.114. The topological polar surface area (TPSA) is 63.4 Å². The van der Waals surface area contributed by atoms with Crippen molar-refractivity contribution in [3.05, 3.63) is 28.5 Å². The zero-order chi connectivity index (χ0) is 15.8. The van der Waals surface area contributed by atoms with Crippen LogP contribution in [-0.2, 0) is 16.6 Å². The number of benzene rings is 1. The van der Waals surface area contributed by atoms with Crippen LogP contribution < -0.4 is 5.73 Å². The molecule has 1 aliphatic heterocycles. The van der Waals surface area contributed by atoms with Gasteiger partial charge in [0.2, 0.25) is 10.0 Å². The Morgan fingerprint density at radius 2 is 2.05 bits per heavy atom. The second kappa shape index (κ2) is 6.20. The summed E-state index contributed by atoms with van der Waals surface area (Å²) in [6, 6.07) is 2.34. The quantitative estimate of drug-likeness (QED) is 0.924. The third kappa shape index (κ3) is 3.23. The number of nitrogens with two attached hydrogens (primary N) is 1. The number of hydrogen-bond acceptors (Lipinski definition) is 3. The van der Waals surface area contributed by atoms with Crippen LogP contribution in [0.3, 0.4) is 0 Å². The first-order chi connectivity index (χ1) is 9.77. The van der Waals surface area contributed by atoms with Gasteiger partial charge in [-0.25, -0.2) is 12.8 Å². The third-order valence-corrected chi connectivity index (χ3v) is 6.50. The Morgan fingerprint density at radius 3 is 2.62 bits per heavy atom. The van der Waals surface area contributed by atoms with Crippen molar-refractivity contribution < 1.29 is 12.8 Å². The highest BCUT2D eigenvalue weighted by molar-refractivity contribution is 7.89. The molecule has 2 unspecified atom stereocenters. The van der Waals surface area contributed by atoms with E-state index in [0.29, 0.717) is 24.6 Å². The summed E-state index contributed by atoms with van der Waals surface area (Å²) in [5.74, 6) is 0.00859. The van der Waals surface area contributed by atoms with E-state index in [1.54, 1.807) is 0 Å². The van der Waals surface area contributed by atoms with Crippen LogP contribution in [-0.4, -0.2) is 25.8 Å². The molecule has 2 N–H and O–H groups in total. The van der Waals surface area contributed by atoms with Gasteiger partial charge in [-0.1, -0.05) is 25.4 Å². The number of nitrogens with zero attached hydrogens (tertiary/aromatic N) is 1. The zero-order valence-corrected chi connectivity index (χ0v) is 13.7. The molecule has 1 aromatic rings. The summed E-state index contributed by atoms with van der Waals surface area (Å²) in [4.78, 5) is -0.0772. The number of halogens is 2. The molecular formula is C14H20ClFN2O2S. The summed E-state index contributed by atoms with van der Waals surface area (Å²) in [6.45, 7) is 5.04. The van der Waals surface area contributed by atoms with Gasteiger partial charge in [-0.05, 0) is 36.0 Å². The van der Waals surface area contributed by atoms with Gasteiger partial charge >= 0.3 is 0 Å². The number of sulfonamides is 1. The Kier molecular flexibility index (Phi) is 4.92. The Bertz CT molecular complexity index is 636. The maximum Gasteiger partial charge on any atom is 0.243 e. The molecule has 1 fully saturated rings. The van der Waals surface area contributed by atoms with Crippen LogP contribution >= 0.6 is 11.6 Å². The Morgan fingerprint density at radius 1 is 1.38 bits per heavy atom. The van der Waals surface area contributed by atoms with Crippen molar-refractivity contribution in [3.63, 3.8) is 0 Å². The van der Waals surface area contributed by atoms with Crippen LogP contribution in [0.15, 0.2) is 17.0 Å². The summed E-state index contributed by atoms with van der Waals surface area (Å²) >= 11 is 5.78. The third-order valence-electron chi connectivity index (χ3n) is 4.23. The van der Waals surface area contributed by atoms with Crippen LogP contribution in [0.25, 0.3) is 0 Å². The lowest BCUT2D eigenvalue weighted by molar-refractivity contribution is 0.212. The van der Waals surface area contributed by atoms with E-state index in [-0.39, 0.29) is 22.4 Å². The van der Waals surface area contributed by atoms with Gasteiger partial charge in [0.15, 0.2) is 0 Å². The van der Waals surface area contributed by atoms with Gasteiger partial charge < -0.3 is 5.73 Å². The minimum Gasteiger partial charge on any atom is -0.326 e. The van der Waals surface area contributed by atoms with Crippen LogP contribution in [0.4, 0.5) is 4.39 Å². The van der Waals surface area contributed by atoms with Gasteiger partial charge in [0.25, 0.3) is 0 Å². The fraction of sp³-hybridized carbons (Fsp3) is 0.571. The lowest BCUT2D eigenvalue weighted by atomic mass is 9.90. The average Bonchev–Trinajstić information content (AvgIpc) is 2.44. The summed E-state index contributed by atoms with van der Waals surface area (Å²) in [7, 11) is -3.71. The molecule has 0 spiro atoms. The second-order valence-electron chi connectivity index (χ2n) is 5.69. The van der Waals surface area contributed by atoms with Gasteiger partial charge in [-0.3, -0.25) is 0 Å². The number of hydrogen-bond donors (Lipinski definition) is 1. The maximum absolute atomic E-state index is 13.8. The van der Waals surface area contributed by atoms with E-state index in [1.165, 1.54) is 10.4 Å². The molecule has 2 rings (SSSR count). The Hall–Kier alpha value is -0.690. The van der Waals surface area contributed by atoms with Crippen molar-refractivity contribution >= 4 is 21.6 Å². The molecule has 1 saturated heterocycles. The van der Waals surface area contributed by atoms with E-state index < -0.39 is 15.8 Å². The van der Waals surface area contributed by atoms with Gasteiger partial charge in [-0.15, -0.1) is 0 Å². The molecule has 0 aliphatic carbocycles. The minimum absolute atomic E-state index is 0.00739. The molecule has 1 heterocycles. The van der Waals surface area contributed by atoms with E-state index in [2.05, 4.69) is 6.92 Å². The molecule has 21 heavy (non-hydrogen) atoms. The highest BCUT2D eigenvalue weighted by atomic mass is 35.5. The first-order valence-electron chi connectivity index (χ1n) is 6.95. The van der Waals surface area contributed by atoms with Crippen molar-refractivity contribution in [1.29, 1.82) is 0 Å². The van der Waals surface area contributed by atoms with Crippen molar-refractivity contribution in [2.75, 3.05) is 13.1 Å². The number of rotatable bonds is 3. The van der Waals surface area contributed by atoms with Crippen molar-refractivity contribution in [2.24, 2.45) is 17.6 Å². The molecule has 0 aromatic heterocycles. The fourth-order valence-electron chi connectivity index (χ4n) is 2.51. The van der Waals surface area contributed by atoms with Crippen LogP contribution in [0.2, 0.25) is 5.02 Å². The van der Waals surface area contributed by atoms with E-state index >= 15 is 0 Å². The molecule has 0 radical (unpaired) electrons. The minimum atomic E-state index is -3.71. The van der Waals surface area contributed by atoms with Gasteiger partial charge in [0.05, 0.1) is 9.92 Å². The first kappa shape index (κ1) is 16.7. The molecule has 118 valence electrons. The zero-order valence-electron chi connectivity index (χ0n) is 12.1. The standard InChI is InChI=1S/C14H20ClFN2O2S/c1-9-3-4-18(8-10(9)2)21(19,20)12-5-11(7-17)14(15)13(16)6-12/h5-6,9-10H,3-4,7-8,17H2,1-2H3. The lowest BCUT2D eigenvalue weighted by Gasteiger charge is -2.34. The monoisotopic (exact) mass is 334 g/mol. The smallest absolute Gasteiger partial charge is 0.243 e. The predicted octanol–water partition coefficient (Wildman–Crippen LogP) is 2.60. The van der Waals surface area contributed by atoms with Crippen LogP contribution in [0.5, 0.6) is 0 Å². The van der Waals surface area contributed by atoms with E-state index in [0.717, 1.165) is 12.5 Å². The molecule has 1 aromatic carbocycles. The predicted molar refractivity (Wildman–Crippen MR) is 81.0 cm³/mol. The molecular weight excluding hydrogens is 315 g/mol. The summed E-state index contributed by atoms with van der Waals surface area (Å²) in [6.07, 6.45) is 0.806. The second-order valence-corrected chi connectivity index (χ2v) is 8.00. The Balaban J connectivity index is 2.38. The van der Waals surface area contributed by atoms with Gasteiger partial charge in [-0.2, -0.15) is 4.31 Å². The molecule has 0 bridgehead atoms. The van der Waals surface area contributed by atoms with Crippen LogP contribution in [0.1, 0.15) is 25.8 Å². The largest absolute Gasteiger partial charge is 0.326 e. The molecule has 0 amide bonds. The Labute approximate surface area is 130 Å². The van der Waals surface area contributed by atoms with Crippen LogP contribution in [0, 0.1) is 17.7 Å². The molecule has 4 nitrogen and oxygen atoms in total.